The van der Waals surface area contributed by atoms with E-state index in [9.17, 15) is 10.2 Å². The van der Waals surface area contributed by atoms with E-state index < -0.39 is 6.10 Å². The summed E-state index contributed by atoms with van der Waals surface area (Å²) >= 11 is 0. The van der Waals surface area contributed by atoms with Crippen LogP contribution in [0.15, 0.2) is 24.3 Å². The lowest BCUT2D eigenvalue weighted by Gasteiger charge is -2.18. The number of benzene rings is 1. The number of hydrogen-bond acceptors (Lipinski definition) is 3. The van der Waals surface area contributed by atoms with Gasteiger partial charge in [0, 0.05) is 18.0 Å². The molecule has 1 aromatic carbocycles. The minimum absolute atomic E-state index is 0.187. The van der Waals surface area contributed by atoms with Gasteiger partial charge < -0.3 is 15.5 Å². The Labute approximate surface area is 83.4 Å². The molecule has 2 atom stereocenters. The Bertz CT molecular complexity index is 308. The van der Waals surface area contributed by atoms with E-state index in [0.717, 1.165) is 19.5 Å². The number of nitrogens with one attached hydrogen (secondary N) is 1. The van der Waals surface area contributed by atoms with E-state index in [1.807, 2.05) is 6.07 Å². The Morgan fingerprint density at radius 3 is 2.79 bits per heavy atom. The summed E-state index contributed by atoms with van der Waals surface area (Å²) in [5.41, 5.74) is 0.640. The van der Waals surface area contributed by atoms with E-state index >= 15 is 0 Å². The van der Waals surface area contributed by atoms with Crippen molar-refractivity contribution in [2.45, 2.75) is 12.5 Å². The standard InChI is InChI=1S/C11H15NO2/c13-10-4-2-1-3-9(10)11(14)8-5-6-12-7-8/h1-4,8,11-14H,5-7H2. The summed E-state index contributed by atoms with van der Waals surface area (Å²) in [5.74, 6) is 0.412. The quantitative estimate of drug-likeness (QED) is 0.657. The Morgan fingerprint density at radius 2 is 2.14 bits per heavy atom. The Balaban J connectivity index is 2.17. The van der Waals surface area contributed by atoms with Gasteiger partial charge in [0.25, 0.3) is 0 Å². The van der Waals surface area contributed by atoms with E-state index in [1.165, 1.54) is 0 Å². The van der Waals surface area contributed by atoms with Gasteiger partial charge in [-0.05, 0) is 19.0 Å². The summed E-state index contributed by atoms with van der Waals surface area (Å²) in [6.07, 6.45) is 0.418. The highest BCUT2D eigenvalue weighted by atomic mass is 16.3. The molecule has 0 bridgehead atoms. The van der Waals surface area contributed by atoms with Crippen LogP contribution in [0.3, 0.4) is 0 Å². The minimum Gasteiger partial charge on any atom is -0.508 e. The van der Waals surface area contributed by atoms with Crippen molar-refractivity contribution < 1.29 is 10.2 Å². The number of phenolic OH excluding ortho intramolecular Hbond substituents is 1. The molecule has 0 amide bonds. The van der Waals surface area contributed by atoms with Crippen LogP contribution in [0.25, 0.3) is 0 Å². The molecule has 0 aromatic heterocycles. The number of para-hydroxylation sites is 1. The van der Waals surface area contributed by atoms with Crippen LogP contribution in [-0.2, 0) is 0 Å². The summed E-state index contributed by atoms with van der Waals surface area (Å²) in [4.78, 5) is 0. The first kappa shape index (κ1) is 9.49. The van der Waals surface area contributed by atoms with Gasteiger partial charge in [-0.15, -0.1) is 0 Å². The molecule has 0 aliphatic carbocycles. The largest absolute Gasteiger partial charge is 0.508 e. The summed E-state index contributed by atoms with van der Waals surface area (Å²) in [6.45, 7) is 1.78. The molecule has 2 unspecified atom stereocenters. The van der Waals surface area contributed by atoms with Crippen LogP contribution in [0.2, 0.25) is 0 Å². The average molecular weight is 193 g/mol. The predicted octanol–water partition coefficient (Wildman–Crippen LogP) is 1.04. The molecule has 1 saturated heterocycles. The molecule has 3 nitrogen and oxygen atoms in total. The third kappa shape index (κ3) is 1.74. The molecule has 0 saturated carbocycles. The molecule has 2 rings (SSSR count). The van der Waals surface area contributed by atoms with E-state index in [2.05, 4.69) is 5.32 Å². The number of rotatable bonds is 2. The van der Waals surface area contributed by atoms with E-state index in [1.54, 1.807) is 18.2 Å². The van der Waals surface area contributed by atoms with E-state index in [-0.39, 0.29) is 11.7 Å². The molecule has 1 aromatic rings. The Hall–Kier alpha value is -1.06. The van der Waals surface area contributed by atoms with Crippen molar-refractivity contribution in [2.75, 3.05) is 13.1 Å². The molecule has 1 fully saturated rings. The lowest BCUT2D eigenvalue weighted by Crippen LogP contribution is -2.16. The van der Waals surface area contributed by atoms with Crippen molar-refractivity contribution >= 4 is 0 Å². The highest BCUT2D eigenvalue weighted by Crippen LogP contribution is 2.31. The number of phenols is 1. The van der Waals surface area contributed by atoms with Crippen molar-refractivity contribution in [2.24, 2.45) is 5.92 Å². The van der Waals surface area contributed by atoms with Gasteiger partial charge in [0.15, 0.2) is 0 Å². The first-order valence-electron chi connectivity index (χ1n) is 4.95. The van der Waals surface area contributed by atoms with Gasteiger partial charge in [0.2, 0.25) is 0 Å². The number of aliphatic hydroxyl groups excluding tert-OH is 1. The maximum atomic E-state index is 10.0. The molecule has 0 spiro atoms. The molecular formula is C11H15NO2. The molecule has 1 heterocycles. The van der Waals surface area contributed by atoms with Crippen molar-refractivity contribution in [3.8, 4) is 5.75 Å². The second-order valence-corrected chi connectivity index (χ2v) is 3.76. The van der Waals surface area contributed by atoms with Crippen LogP contribution in [0, 0.1) is 5.92 Å². The van der Waals surface area contributed by atoms with Gasteiger partial charge in [-0.25, -0.2) is 0 Å². The molecule has 1 aliphatic heterocycles. The Morgan fingerprint density at radius 1 is 1.36 bits per heavy atom. The third-order valence-electron chi connectivity index (χ3n) is 2.80. The first-order chi connectivity index (χ1) is 6.79. The van der Waals surface area contributed by atoms with Crippen molar-refractivity contribution in [1.82, 2.24) is 5.32 Å². The third-order valence-corrected chi connectivity index (χ3v) is 2.80. The zero-order valence-corrected chi connectivity index (χ0v) is 7.98. The maximum absolute atomic E-state index is 10.0. The van der Waals surface area contributed by atoms with Crippen LogP contribution in [0.5, 0.6) is 5.75 Å². The average Bonchev–Trinajstić information content (AvgIpc) is 2.70. The number of hydrogen-bond donors (Lipinski definition) is 3. The highest BCUT2D eigenvalue weighted by Gasteiger charge is 2.25. The normalized spacial score (nSPS) is 23.6. The van der Waals surface area contributed by atoms with E-state index in [4.69, 9.17) is 0 Å². The summed E-state index contributed by atoms with van der Waals surface area (Å²) in [6, 6.07) is 6.98. The number of aliphatic hydroxyl groups is 1. The van der Waals surface area contributed by atoms with Gasteiger partial charge in [0.05, 0.1) is 6.10 Å². The smallest absolute Gasteiger partial charge is 0.121 e. The fourth-order valence-electron chi connectivity index (χ4n) is 1.94. The zero-order chi connectivity index (χ0) is 9.97. The summed E-state index contributed by atoms with van der Waals surface area (Å²) < 4.78 is 0. The van der Waals surface area contributed by atoms with Gasteiger partial charge in [-0.2, -0.15) is 0 Å². The van der Waals surface area contributed by atoms with Crippen LogP contribution in [0.4, 0.5) is 0 Å². The minimum atomic E-state index is -0.550. The van der Waals surface area contributed by atoms with Gasteiger partial charge in [0.1, 0.15) is 5.75 Å². The fraction of sp³-hybridized carbons (Fsp3) is 0.455. The summed E-state index contributed by atoms with van der Waals surface area (Å²) in [7, 11) is 0. The van der Waals surface area contributed by atoms with Gasteiger partial charge in [-0.3, -0.25) is 0 Å². The van der Waals surface area contributed by atoms with Crippen LogP contribution < -0.4 is 5.32 Å². The SMILES string of the molecule is Oc1ccccc1C(O)C1CCNC1. The first-order valence-corrected chi connectivity index (χ1v) is 4.95. The second-order valence-electron chi connectivity index (χ2n) is 3.76. The summed E-state index contributed by atoms with van der Waals surface area (Å²) in [5, 5.41) is 22.8. The van der Waals surface area contributed by atoms with Crippen LogP contribution in [-0.4, -0.2) is 23.3 Å². The zero-order valence-electron chi connectivity index (χ0n) is 7.98. The molecule has 1 aliphatic rings. The lowest BCUT2D eigenvalue weighted by molar-refractivity contribution is 0.115. The molecule has 14 heavy (non-hydrogen) atoms. The molecular weight excluding hydrogens is 178 g/mol. The molecule has 76 valence electrons. The monoisotopic (exact) mass is 193 g/mol. The Kier molecular flexibility index (Phi) is 2.70. The molecule has 3 N–H and O–H groups in total. The predicted molar refractivity (Wildman–Crippen MR) is 54.0 cm³/mol. The van der Waals surface area contributed by atoms with Crippen molar-refractivity contribution in [3.63, 3.8) is 0 Å². The van der Waals surface area contributed by atoms with Gasteiger partial charge in [-0.1, -0.05) is 18.2 Å². The second kappa shape index (κ2) is 3.98. The number of aromatic hydroxyl groups is 1. The fourth-order valence-corrected chi connectivity index (χ4v) is 1.94. The van der Waals surface area contributed by atoms with Crippen LogP contribution in [0.1, 0.15) is 18.1 Å². The molecule has 3 heteroatoms. The highest BCUT2D eigenvalue weighted by molar-refractivity contribution is 5.34. The van der Waals surface area contributed by atoms with E-state index in [0.29, 0.717) is 5.56 Å². The molecule has 0 radical (unpaired) electrons. The van der Waals surface area contributed by atoms with Crippen LogP contribution >= 0.6 is 0 Å². The van der Waals surface area contributed by atoms with Gasteiger partial charge >= 0.3 is 0 Å². The van der Waals surface area contributed by atoms with Crippen molar-refractivity contribution in [3.05, 3.63) is 29.8 Å². The topological polar surface area (TPSA) is 52.5 Å². The lowest BCUT2D eigenvalue weighted by atomic mass is 9.94. The van der Waals surface area contributed by atoms with Crippen molar-refractivity contribution in [1.29, 1.82) is 0 Å². The maximum Gasteiger partial charge on any atom is 0.121 e.